The van der Waals surface area contributed by atoms with E-state index < -0.39 is 0 Å². The first-order valence-electron chi connectivity index (χ1n) is 5.77. The molecule has 0 spiro atoms. The fraction of sp³-hybridized carbons (Fsp3) is 0.286. The van der Waals surface area contributed by atoms with Crippen molar-refractivity contribution >= 4 is 0 Å². The van der Waals surface area contributed by atoms with Gasteiger partial charge in [0, 0.05) is 17.4 Å². The zero-order valence-electron chi connectivity index (χ0n) is 9.24. The van der Waals surface area contributed by atoms with Crippen molar-refractivity contribution in [2.24, 2.45) is 5.73 Å². The summed E-state index contributed by atoms with van der Waals surface area (Å²) in [6.07, 6.45) is 5.02. The van der Waals surface area contributed by atoms with E-state index in [1.54, 1.807) is 0 Å². The molecule has 0 saturated carbocycles. The van der Waals surface area contributed by atoms with Crippen molar-refractivity contribution < 1.29 is 0 Å². The van der Waals surface area contributed by atoms with Crippen LogP contribution in [-0.2, 0) is 18.4 Å². The lowest BCUT2D eigenvalue weighted by molar-refractivity contribution is 0.383. The van der Waals surface area contributed by atoms with E-state index in [1.165, 1.54) is 16.8 Å². The number of hydrogen-bond acceptors (Lipinski definition) is 1. The van der Waals surface area contributed by atoms with Crippen molar-refractivity contribution in [3.05, 3.63) is 59.4 Å². The summed E-state index contributed by atoms with van der Waals surface area (Å²) in [5.41, 5.74) is 10.3. The Hall–Kier alpha value is -1.54. The number of hydrogen-bond donors (Lipinski definition) is 2. The highest BCUT2D eigenvalue weighted by Crippen LogP contribution is 2.33. The van der Waals surface area contributed by atoms with Gasteiger partial charge in [0.1, 0.15) is 0 Å². The maximum absolute atomic E-state index is 6.54. The minimum atomic E-state index is -0.184. The monoisotopic (exact) mass is 212 g/mol. The van der Waals surface area contributed by atoms with Crippen LogP contribution in [0.3, 0.4) is 0 Å². The highest BCUT2D eigenvalue weighted by Gasteiger charge is 2.32. The van der Waals surface area contributed by atoms with E-state index in [0.717, 1.165) is 19.3 Å². The summed E-state index contributed by atoms with van der Waals surface area (Å²) in [5, 5.41) is 0. The molecule has 1 heterocycles. The molecule has 16 heavy (non-hydrogen) atoms. The lowest BCUT2D eigenvalue weighted by Gasteiger charge is -2.34. The van der Waals surface area contributed by atoms with Gasteiger partial charge in [-0.15, -0.1) is 0 Å². The summed E-state index contributed by atoms with van der Waals surface area (Å²) >= 11 is 0. The Balaban J connectivity index is 1.98. The SMILES string of the molecule is NC1(c2ccccc2)CCc2[nH]ccc2C1. The number of aromatic nitrogens is 1. The second-order valence-electron chi connectivity index (χ2n) is 4.68. The first kappa shape index (κ1) is 9.67. The standard InChI is InChI=1S/C14H16N2/c15-14(12-4-2-1-3-5-12)8-6-13-11(10-14)7-9-16-13/h1-5,7,9,16H,6,8,10,15H2. The molecule has 0 saturated heterocycles. The van der Waals surface area contributed by atoms with Gasteiger partial charge >= 0.3 is 0 Å². The molecule has 2 aromatic rings. The minimum absolute atomic E-state index is 0.184. The Morgan fingerprint density at radius 2 is 1.94 bits per heavy atom. The molecule has 3 N–H and O–H groups in total. The third-order valence-corrected chi connectivity index (χ3v) is 3.61. The van der Waals surface area contributed by atoms with E-state index in [9.17, 15) is 0 Å². The van der Waals surface area contributed by atoms with Crippen LogP contribution in [0.4, 0.5) is 0 Å². The highest BCUT2D eigenvalue weighted by atomic mass is 14.8. The van der Waals surface area contributed by atoms with Gasteiger partial charge < -0.3 is 10.7 Å². The van der Waals surface area contributed by atoms with Crippen LogP contribution >= 0.6 is 0 Å². The smallest absolute Gasteiger partial charge is 0.0454 e. The summed E-state index contributed by atoms with van der Waals surface area (Å²) in [5.74, 6) is 0. The lowest BCUT2D eigenvalue weighted by Crippen LogP contribution is -2.41. The molecule has 0 bridgehead atoms. The molecule has 0 aliphatic heterocycles. The summed E-state index contributed by atoms with van der Waals surface area (Å²) in [6, 6.07) is 12.6. The Bertz CT molecular complexity index is 486. The zero-order valence-corrected chi connectivity index (χ0v) is 9.24. The Labute approximate surface area is 95.5 Å². The van der Waals surface area contributed by atoms with Crippen LogP contribution in [0, 0.1) is 0 Å². The normalized spacial score (nSPS) is 24.1. The van der Waals surface area contributed by atoms with Gasteiger partial charge in [-0.25, -0.2) is 0 Å². The Morgan fingerprint density at radius 3 is 2.75 bits per heavy atom. The average Bonchev–Trinajstić information content (AvgIpc) is 2.77. The first-order chi connectivity index (χ1) is 7.78. The van der Waals surface area contributed by atoms with E-state index in [0.29, 0.717) is 0 Å². The number of rotatable bonds is 1. The fourth-order valence-corrected chi connectivity index (χ4v) is 2.63. The predicted octanol–water partition coefficient (Wildman–Crippen LogP) is 2.36. The molecular formula is C14H16N2. The minimum Gasteiger partial charge on any atom is -0.365 e. The van der Waals surface area contributed by atoms with Gasteiger partial charge in [0.15, 0.2) is 0 Å². The van der Waals surface area contributed by atoms with Gasteiger partial charge in [-0.1, -0.05) is 30.3 Å². The average molecular weight is 212 g/mol. The van der Waals surface area contributed by atoms with Crippen LogP contribution in [0.25, 0.3) is 0 Å². The van der Waals surface area contributed by atoms with E-state index in [2.05, 4.69) is 35.3 Å². The van der Waals surface area contributed by atoms with Gasteiger partial charge in [0.2, 0.25) is 0 Å². The number of benzene rings is 1. The van der Waals surface area contributed by atoms with Gasteiger partial charge in [-0.05, 0) is 36.5 Å². The van der Waals surface area contributed by atoms with Gasteiger partial charge in [0.05, 0.1) is 0 Å². The van der Waals surface area contributed by atoms with Crippen LogP contribution in [0.15, 0.2) is 42.6 Å². The van der Waals surface area contributed by atoms with Crippen molar-refractivity contribution in [3.63, 3.8) is 0 Å². The topological polar surface area (TPSA) is 41.8 Å². The number of nitrogens with one attached hydrogen (secondary N) is 1. The molecular weight excluding hydrogens is 196 g/mol. The van der Waals surface area contributed by atoms with E-state index >= 15 is 0 Å². The Morgan fingerprint density at radius 1 is 1.12 bits per heavy atom. The quantitative estimate of drug-likeness (QED) is 0.748. The third-order valence-electron chi connectivity index (χ3n) is 3.61. The second-order valence-corrected chi connectivity index (χ2v) is 4.68. The van der Waals surface area contributed by atoms with E-state index in [1.807, 2.05) is 12.3 Å². The summed E-state index contributed by atoms with van der Waals surface area (Å²) < 4.78 is 0. The van der Waals surface area contributed by atoms with E-state index in [-0.39, 0.29) is 5.54 Å². The maximum atomic E-state index is 6.54. The lowest BCUT2D eigenvalue weighted by atomic mass is 9.77. The molecule has 1 unspecified atom stereocenters. The zero-order chi connectivity index (χ0) is 11.0. The number of nitrogens with two attached hydrogens (primary N) is 1. The molecule has 0 amide bonds. The van der Waals surface area contributed by atoms with Crippen molar-refractivity contribution in [1.82, 2.24) is 4.98 Å². The summed E-state index contributed by atoms with van der Waals surface area (Å²) in [6.45, 7) is 0. The first-order valence-corrected chi connectivity index (χ1v) is 5.77. The molecule has 0 radical (unpaired) electrons. The summed E-state index contributed by atoms with van der Waals surface area (Å²) in [7, 11) is 0. The summed E-state index contributed by atoms with van der Waals surface area (Å²) in [4.78, 5) is 3.29. The maximum Gasteiger partial charge on any atom is 0.0454 e. The van der Waals surface area contributed by atoms with Crippen LogP contribution < -0.4 is 5.73 Å². The van der Waals surface area contributed by atoms with Crippen molar-refractivity contribution in [3.8, 4) is 0 Å². The number of H-pyrrole nitrogens is 1. The molecule has 1 atom stereocenters. The molecule has 0 fully saturated rings. The van der Waals surface area contributed by atoms with Gasteiger partial charge in [-0.3, -0.25) is 0 Å². The Kier molecular flexibility index (Phi) is 2.11. The molecule has 1 aliphatic carbocycles. The number of aryl methyl sites for hydroxylation is 1. The van der Waals surface area contributed by atoms with Crippen LogP contribution in [0.5, 0.6) is 0 Å². The third kappa shape index (κ3) is 1.46. The van der Waals surface area contributed by atoms with Crippen LogP contribution in [-0.4, -0.2) is 4.98 Å². The van der Waals surface area contributed by atoms with Crippen molar-refractivity contribution in [1.29, 1.82) is 0 Å². The van der Waals surface area contributed by atoms with Gasteiger partial charge in [0.25, 0.3) is 0 Å². The van der Waals surface area contributed by atoms with Crippen LogP contribution in [0.2, 0.25) is 0 Å². The van der Waals surface area contributed by atoms with E-state index in [4.69, 9.17) is 5.73 Å². The largest absolute Gasteiger partial charge is 0.365 e. The van der Waals surface area contributed by atoms with Gasteiger partial charge in [-0.2, -0.15) is 0 Å². The fourth-order valence-electron chi connectivity index (χ4n) is 2.63. The predicted molar refractivity (Wildman–Crippen MR) is 65.1 cm³/mol. The van der Waals surface area contributed by atoms with Crippen molar-refractivity contribution in [2.75, 3.05) is 0 Å². The number of aromatic amines is 1. The molecule has 1 aromatic heterocycles. The van der Waals surface area contributed by atoms with Crippen LogP contribution in [0.1, 0.15) is 23.2 Å². The molecule has 1 aromatic carbocycles. The highest BCUT2D eigenvalue weighted by molar-refractivity contribution is 5.33. The molecule has 2 heteroatoms. The van der Waals surface area contributed by atoms with Crippen molar-refractivity contribution in [2.45, 2.75) is 24.8 Å². The second kappa shape index (κ2) is 3.49. The molecule has 1 aliphatic rings. The molecule has 82 valence electrons. The number of fused-ring (bicyclic) bond motifs is 1. The molecule has 3 rings (SSSR count). The molecule has 2 nitrogen and oxygen atoms in total.